The summed E-state index contributed by atoms with van der Waals surface area (Å²) >= 11 is 0. The summed E-state index contributed by atoms with van der Waals surface area (Å²) in [6.07, 6.45) is 1.80. The summed E-state index contributed by atoms with van der Waals surface area (Å²) in [6, 6.07) is 7.51. The Balaban J connectivity index is 0.00000242. The van der Waals surface area contributed by atoms with Gasteiger partial charge in [-0.15, -0.1) is 17.0 Å². The number of halogens is 1. The number of benzene rings is 1. The van der Waals surface area contributed by atoms with Gasteiger partial charge in [-0.3, -0.25) is 4.98 Å². The number of anilines is 1. The minimum atomic E-state index is 0. The van der Waals surface area contributed by atoms with Crippen molar-refractivity contribution in [2.75, 3.05) is 46.6 Å². The molecule has 0 aliphatic rings. The van der Waals surface area contributed by atoms with E-state index in [1.807, 2.05) is 12.1 Å². The zero-order chi connectivity index (χ0) is 15.4. The van der Waals surface area contributed by atoms with Crippen LogP contribution in [0.5, 0.6) is 5.75 Å². The molecule has 22 heavy (non-hydrogen) atoms. The zero-order valence-electron chi connectivity index (χ0n) is 13.6. The Bertz CT molecular complexity index is 594. The van der Waals surface area contributed by atoms with Gasteiger partial charge in [0, 0.05) is 30.4 Å². The molecule has 0 saturated carbocycles. The number of hydrogen-bond donors (Lipinski definition) is 2. The first-order valence-corrected chi connectivity index (χ1v) is 7.09. The molecule has 6 heteroatoms. The van der Waals surface area contributed by atoms with Crippen LogP contribution in [0, 0.1) is 0 Å². The van der Waals surface area contributed by atoms with Gasteiger partial charge in [-0.25, -0.2) is 0 Å². The smallest absolute Gasteiger partial charge is 0.116 e. The number of phenols is 1. The molecule has 0 saturated heterocycles. The van der Waals surface area contributed by atoms with Gasteiger partial charge < -0.3 is 20.2 Å². The quantitative estimate of drug-likeness (QED) is 0.819. The average molecular weight is 369 g/mol. The van der Waals surface area contributed by atoms with E-state index in [1.54, 1.807) is 18.3 Å². The van der Waals surface area contributed by atoms with Gasteiger partial charge in [0.15, 0.2) is 0 Å². The minimum Gasteiger partial charge on any atom is -0.508 e. The maximum atomic E-state index is 9.71. The second-order valence-corrected chi connectivity index (χ2v) is 5.93. The summed E-state index contributed by atoms with van der Waals surface area (Å²) in [4.78, 5) is 8.68. The molecule has 0 radical (unpaired) electrons. The van der Waals surface area contributed by atoms with E-state index in [2.05, 4.69) is 48.3 Å². The Hall–Kier alpha value is -1.37. The zero-order valence-corrected chi connectivity index (χ0v) is 15.3. The Morgan fingerprint density at radius 1 is 1.09 bits per heavy atom. The van der Waals surface area contributed by atoms with E-state index >= 15 is 0 Å². The molecule has 1 heterocycles. The van der Waals surface area contributed by atoms with Gasteiger partial charge in [-0.2, -0.15) is 0 Å². The Morgan fingerprint density at radius 2 is 1.73 bits per heavy atom. The Labute approximate surface area is 142 Å². The van der Waals surface area contributed by atoms with E-state index in [4.69, 9.17) is 0 Å². The molecule has 0 atom stereocenters. The highest BCUT2D eigenvalue weighted by Gasteiger charge is 2.13. The lowest BCUT2D eigenvalue weighted by Gasteiger charge is -2.26. The number of likely N-dealkylation sites (N-methyl/N-ethyl adjacent to an activating group) is 2. The lowest BCUT2D eigenvalue weighted by molar-refractivity contribution is 0.320. The number of phenolic OH excluding ortho intramolecular Hbond substituents is 1. The van der Waals surface area contributed by atoms with Gasteiger partial charge in [0.2, 0.25) is 0 Å². The van der Waals surface area contributed by atoms with Gasteiger partial charge in [-0.1, -0.05) is 0 Å². The van der Waals surface area contributed by atoms with E-state index in [0.29, 0.717) is 6.04 Å². The van der Waals surface area contributed by atoms with Crippen molar-refractivity contribution in [1.29, 1.82) is 0 Å². The van der Waals surface area contributed by atoms with Crippen molar-refractivity contribution in [3.8, 4) is 5.75 Å². The number of fused-ring (bicyclic) bond motifs is 1. The Morgan fingerprint density at radius 3 is 2.32 bits per heavy atom. The highest BCUT2D eigenvalue weighted by Crippen LogP contribution is 2.25. The molecule has 1 aromatic heterocycles. The molecule has 0 spiro atoms. The SMILES string of the molecule is Br.CN(C)CC(CN(C)C)Nc1ccnc2ccc(O)cc12. The molecule has 2 rings (SSSR count). The average Bonchev–Trinajstić information content (AvgIpc) is 2.38. The number of nitrogens with zero attached hydrogens (tertiary/aromatic N) is 3. The normalized spacial score (nSPS) is 11.2. The highest BCUT2D eigenvalue weighted by atomic mass is 79.9. The predicted octanol–water partition coefficient (Wildman–Crippen LogP) is 2.42. The number of aromatic nitrogens is 1. The number of aromatic hydroxyl groups is 1. The van der Waals surface area contributed by atoms with Crippen molar-refractivity contribution in [2.45, 2.75) is 6.04 Å². The molecule has 2 aromatic rings. The first kappa shape index (κ1) is 18.7. The van der Waals surface area contributed by atoms with E-state index in [-0.39, 0.29) is 22.7 Å². The minimum absolute atomic E-state index is 0. The lowest BCUT2D eigenvalue weighted by Crippen LogP contribution is -2.40. The summed E-state index contributed by atoms with van der Waals surface area (Å²) in [5, 5.41) is 14.2. The molecule has 0 aliphatic heterocycles. The molecule has 0 bridgehead atoms. The summed E-state index contributed by atoms with van der Waals surface area (Å²) in [7, 11) is 8.28. The summed E-state index contributed by atoms with van der Waals surface area (Å²) < 4.78 is 0. The number of rotatable bonds is 6. The first-order chi connectivity index (χ1) is 9.95. The van der Waals surface area contributed by atoms with Crippen LogP contribution in [0.2, 0.25) is 0 Å². The monoisotopic (exact) mass is 368 g/mol. The van der Waals surface area contributed by atoms with E-state index in [9.17, 15) is 5.11 Å². The van der Waals surface area contributed by atoms with Crippen LogP contribution < -0.4 is 5.32 Å². The van der Waals surface area contributed by atoms with E-state index in [1.165, 1.54) is 0 Å². The van der Waals surface area contributed by atoms with Crippen molar-refractivity contribution < 1.29 is 5.11 Å². The third kappa shape index (κ3) is 5.12. The fourth-order valence-corrected chi connectivity index (χ4v) is 2.51. The third-order valence-electron chi connectivity index (χ3n) is 3.26. The standard InChI is InChI=1S/C16H24N4O.BrH/c1-19(2)10-12(11-20(3)4)18-16-7-8-17-15-6-5-13(21)9-14(15)16;/h5-9,12,21H,10-11H2,1-4H3,(H,17,18);1H. The van der Waals surface area contributed by atoms with Crippen molar-refractivity contribution >= 4 is 33.6 Å². The van der Waals surface area contributed by atoms with Gasteiger partial charge in [0.25, 0.3) is 0 Å². The van der Waals surface area contributed by atoms with Crippen LogP contribution in [-0.2, 0) is 0 Å². The van der Waals surface area contributed by atoms with Gasteiger partial charge in [-0.05, 0) is 52.5 Å². The number of nitrogens with one attached hydrogen (secondary N) is 1. The van der Waals surface area contributed by atoms with Crippen LogP contribution in [-0.4, -0.2) is 67.2 Å². The largest absolute Gasteiger partial charge is 0.508 e. The second-order valence-electron chi connectivity index (χ2n) is 5.93. The van der Waals surface area contributed by atoms with Crippen LogP contribution in [0.25, 0.3) is 10.9 Å². The summed E-state index contributed by atoms with van der Waals surface area (Å²) in [5.74, 6) is 0.260. The fourth-order valence-electron chi connectivity index (χ4n) is 2.51. The van der Waals surface area contributed by atoms with Crippen molar-refractivity contribution in [2.24, 2.45) is 0 Å². The highest BCUT2D eigenvalue weighted by molar-refractivity contribution is 8.93. The van der Waals surface area contributed by atoms with E-state index < -0.39 is 0 Å². The fraction of sp³-hybridized carbons (Fsp3) is 0.438. The van der Waals surface area contributed by atoms with Gasteiger partial charge in [0.1, 0.15) is 5.75 Å². The van der Waals surface area contributed by atoms with Gasteiger partial charge >= 0.3 is 0 Å². The molecule has 5 nitrogen and oxygen atoms in total. The van der Waals surface area contributed by atoms with Gasteiger partial charge in [0.05, 0.1) is 11.6 Å². The topological polar surface area (TPSA) is 51.6 Å². The molecule has 1 aromatic carbocycles. The van der Waals surface area contributed by atoms with E-state index in [0.717, 1.165) is 29.7 Å². The van der Waals surface area contributed by atoms with Crippen molar-refractivity contribution in [3.63, 3.8) is 0 Å². The maximum Gasteiger partial charge on any atom is 0.116 e. The Kier molecular flexibility index (Phi) is 7.06. The third-order valence-corrected chi connectivity index (χ3v) is 3.26. The molecule has 2 N–H and O–H groups in total. The number of pyridine rings is 1. The van der Waals surface area contributed by atoms with Crippen molar-refractivity contribution in [3.05, 3.63) is 30.5 Å². The number of hydrogen-bond acceptors (Lipinski definition) is 5. The molecule has 0 amide bonds. The molecular weight excluding hydrogens is 344 g/mol. The molecule has 0 fully saturated rings. The first-order valence-electron chi connectivity index (χ1n) is 7.09. The van der Waals surface area contributed by atoms with Crippen LogP contribution in [0.3, 0.4) is 0 Å². The maximum absolute atomic E-state index is 9.71. The molecule has 0 aliphatic carbocycles. The van der Waals surface area contributed by atoms with Crippen LogP contribution >= 0.6 is 17.0 Å². The molecule has 122 valence electrons. The molecule has 0 unspecified atom stereocenters. The molecular formula is C16H25BrN4O. The summed E-state index contributed by atoms with van der Waals surface area (Å²) in [6.45, 7) is 1.86. The second kappa shape index (κ2) is 8.31. The van der Waals surface area contributed by atoms with Crippen molar-refractivity contribution in [1.82, 2.24) is 14.8 Å². The summed E-state index contributed by atoms with van der Waals surface area (Å²) in [5.41, 5.74) is 1.89. The lowest BCUT2D eigenvalue weighted by atomic mass is 10.1. The van der Waals surface area contributed by atoms with Crippen LogP contribution in [0.15, 0.2) is 30.5 Å². The predicted molar refractivity (Wildman–Crippen MR) is 98.2 cm³/mol. The van der Waals surface area contributed by atoms with Crippen LogP contribution in [0.4, 0.5) is 5.69 Å². The van der Waals surface area contributed by atoms with Crippen LogP contribution in [0.1, 0.15) is 0 Å².